The molecule has 0 aromatic heterocycles. The first-order valence-corrected chi connectivity index (χ1v) is 5.33. The molecule has 0 saturated heterocycles. The van der Waals surface area contributed by atoms with E-state index < -0.39 is 0 Å². The van der Waals surface area contributed by atoms with Crippen molar-refractivity contribution in [2.75, 3.05) is 5.32 Å². The third kappa shape index (κ3) is 2.04. The largest absolute Gasteiger partial charge is 0.389 e. The number of rotatable bonds is 3. The van der Waals surface area contributed by atoms with E-state index in [9.17, 15) is 0 Å². The van der Waals surface area contributed by atoms with E-state index in [4.69, 9.17) is 18.0 Å². The molecule has 1 saturated carbocycles. The predicted octanol–water partition coefficient (Wildman–Crippen LogP) is 2.29. The van der Waals surface area contributed by atoms with Crippen LogP contribution in [0.3, 0.4) is 0 Å². The Labute approximate surface area is 89.5 Å². The molecule has 1 aliphatic carbocycles. The molecule has 0 spiro atoms. The highest BCUT2D eigenvalue weighted by Gasteiger charge is 2.16. The fourth-order valence-corrected chi connectivity index (χ4v) is 1.66. The Balaban J connectivity index is 2.01. The molecule has 14 heavy (non-hydrogen) atoms. The Morgan fingerprint density at radius 2 is 1.93 bits per heavy atom. The predicted molar refractivity (Wildman–Crippen MR) is 63.6 cm³/mol. The van der Waals surface area contributed by atoms with Gasteiger partial charge in [-0.05, 0) is 43.5 Å². The van der Waals surface area contributed by atoms with Crippen molar-refractivity contribution >= 4 is 22.9 Å². The van der Waals surface area contributed by atoms with Gasteiger partial charge in [0.25, 0.3) is 0 Å². The number of nitrogens with one attached hydrogen (secondary N) is 1. The molecule has 3 heteroatoms. The van der Waals surface area contributed by atoms with Crippen molar-refractivity contribution in [3.63, 3.8) is 0 Å². The Hall–Kier alpha value is -1.09. The van der Waals surface area contributed by atoms with E-state index in [1.165, 1.54) is 19.3 Å². The second kappa shape index (κ2) is 3.96. The summed E-state index contributed by atoms with van der Waals surface area (Å²) in [7, 11) is 0. The molecule has 0 aliphatic heterocycles. The molecule has 2 nitrogen and oxygen atoms in total. The minimum Gasteiger partial charge on any atom is -0.389 e. The summed E-state index contributed by atoms with van der Waals surface area (Å²) in [4.78, 5) is 0.459. The van der Waals surface area contributed by atoms with Gasteiger partial charge in [-0.3, -0.25) is 0 Å². The summed E-state index contributed by atoms with van der Waals surface area (Å²) in [5, 5.41) is 3.46. The Morgan fingerprint density at radius 1 is 1.29 bits per heavy atom. The lowest BCUT2D eigenvalue weighted by Gasteiger charge is -2.27. The van der Waals surface area contributed by atoms with Crippen molar-refractivity contribution in [1.82, 2.24) is 0 Å². The van der Waals surface area contributed by atoms with Crippen LogP contribution in [0.25, 0.3) is 0 Å². The molecule has 0 amide bonds. The fourth-order valence-electron chi connectivity index (χ4n) is 1.52. The molecule has 1 fully saturated rings. The first-order valence-electron chi connectivity index (χ1n) is 4.92. The lowest BCUT2D eigenvalue weighted by atomic mass is 9.93. The summed E-state index contributed by atoms with van der Waals surface area (Å²) in [6.45, 7) is 0. The van der Waals surface area contributed by atoms with Crippen molar-refractivity contribution in [2.24, 2.45) is 5.73 Å². The third-order valence-electron chi connectivity index (χ3n) is 2.65. The molecule has 0 heterocycles. The summed E-state index contributed by atoms with van der Waals surface area (Å²) in [6, 6.07) is 8.66. The first-order chi connectivity index (χ1) is 6.75. The molecule has 1 aliphatic rings. The molecule has 1 aromatic rings. The maximum atomic E-state index is 5.51. The Bertz CT molecular complexity index is 328. The fraction of sp³-hybridized carbons (Fsp3) is 0.364. The van der Waals surface area contributed by atoms with Gasteiger partial charge >= 0.3 is 0 Å². The molecule has 0 radical (unpaired) electrons. The SMILES string of the molecule is NC(=S)c1ccc(NC2CCC2)cc1. The highest BCUT2D eigenvalue weighted by Crippen LogP contribution is 2.23. The van der Waals surface area contributed by atoms with Gasteiger partial charge < -0.3 is 11.1 Å². The smallest absolute Gasteiger partial charge is 0.103 e. The zero-order valence-electron chi connectivity index (χ0n) is 7.99. The van der Waals surface area contributed by atoms with Crippen molar-refractivity contribution in [3.8, 4) is 0 Å². The standard InChI is InChI=1S/C11H14N2S/c12-11(14)8-4-6-10(7-5-8)13-9-2-1-3-9/h4-7,9,13H,1-3H2,(H2,12,14). The van der Waals surface area contributed by atoms with E-state index in [2.05, 4.69) is 5.32 Å². The van der Waals surface area contributed by atoms with Crippen LogP contribution in [0.4, 0.5) is 5.69 Å². The van der Waals surface area contributed by atoms with E-state index in [0.29, 0.717) is 11.0 Å². The van der Waals surface area contributed by atoms with Crippen molar-refractivity contribution in [2.45, 2.75) is 25.3 Å². The maximum absolute atomic E-state index is 5.51. The van der Waals surface area contributed by atoms with E-state index in [1.807, 2.05) is 24.3 Å². The highest BCUT2D eigenvalue weighted by atomic mass is 32.1. The van der Waals surface area contributed by atoms with Gasteiger partial charge in [-0.15, -0.1) is 0 Å². The molecule has 74 valence electrons. The lowest BCUT2D eigenvalue weighted by molar-refractivity contribution is 0.445. The molecular weight excluding hydrogens is 192 g/mol. The van der Waals surface area contributed by atoms with Crippen LogP contribution < -0.4 is 11.1 Å². The van der Waals surface area contributed by atoms with Gasteiger partial charge in [-0.1, -0.05) is 12.2 Å². The molecule has 0 atom stereocenters. The summed E-state index contributed by atoms with van der Waals surface area (Å²) < 4.78 is 0. The summed E-state index contributed by atoms with van der Waals surface area (Å²) in [5.74, 6) is 0. The minimum absolute atomic E-state index is 0.459. The monoisotopic (exact) mass is 206 g/mol. The van der Waals surface area contributed by atoms with Crippen molar-refractivity contribution < 1.29 is 0 Å². The van der Waals surface area contributed by atoms with Gasteiger partial charge in [-0.25, -0.2) is 0 Å². The summed E-state index contributed by atoms with van der Waals surface area (Å²) in [6.07, 6.45) is 3.93. The van der Waals surface area contributed by atoms with Gasteiger partial charge in [0.15, 0.2) is 0 Å². The quantitative estimate of drug-likeness (QED) is 0.745. The summed E-state index contributed by atoms with van der Waals surface area (Å²) in [5.41, 5.74) is 7.60. The van der Waals surface area contributed by atoms with Gasteiger partial charge in [0, 0.05) is 17.3 Å². The number of nitrogens with two attached hydrogens (primary N) is 1. The number of hydrogen-bond donors (Lipinski definition) is 2. The van der Waals surface area contributed by atoms with Crippen LogP contribution in [0.15, 0.2) is 24.3 Å². The average Bonchev–Trinajstić information content (AvgIpc) is 2.12. The van der Waals surface area contributed by atoms with E-state index >= 15 is 0 Å². The van der Waals surface area contributed by atoms with Crippen LogP contribution in [0.5, 0.6) is 0 Å². The van der Waals surface area contributed by atoms with E-state index in [-0.39, 0.29) is 0 Å². The molecular formula is C11H14N2S. The van der Waals surface area contributed by atoms with Crippen LogP contribution in [0.1, 0.15) is 24.8 Å². The van der Waals surface area contributed by atoms with Crippen LogP contribution in [-0.4, -0.2) is 11.0 Å². The van der Waals surface area contributed by atoms with Crippen LogP contribution in [0, 0.1) is 0 Å². The first kappa shape index (κ1) is 9.46. The number of thiocarbonyl (C=S) groups is 1. The second-order valence-corrected chi connectivity index (χ2v) is 4.15. The number of anilines is 1. The molecule has 0 bridgehead atoms. The topological polar surface area (TPSA) is 38.0 Å². The third-order valence-corrected chi connectivity index (χ3v) is 2.88. The Morgan fingerprint density at radius 3 is 2.36 bits per heavy atom. The normalized spacial score (nSPS) is 16.0. The highest BCUT2D eigenvalue weighted by molar-refractivity contribution is 7.80. The Kier molecular flexibility index (Phi) is 2.68. The minimum atomic E-state index is 0.459. The van der Waals surface area contributed by atoms with Crippen LogP contribution in [0.2, 0.25) is 0 Å². The molecule has 2 rings (SSSR count). The van der Waals surface area contributed by atoms with E-state index in [1.54, 1.807) is 0 Å². The average molecular weight is 206 g/mol. The van der Waals surface area contributed by atoms with Crippen molar-refractivity contribution in [3.05, 3.63) is 29.8 Å². The van der Waals surface area contributed by atoms with E-state index in [0.717, 1.165) is 11.3 Å². The van der Waals surface area contributed by atoms with Gasteiger partial charge in [0.05, 0.1) is 0 Å². The second-order valence-electron chi connectivity index (χ2n) is 3.71. The molecule has 1 aromatic carbocycles. The molecule has 0 unspecified atom stereocenters. The zero-order valence-corrected chi connectivity index (χ0v) is 8.81. The molecule has 3 N–H and O–H groups in total. The van der Waals surface area contributed by atoms with Gasteiger partial charge in [-0.2, -0.15) is 0 Å². The van der Waals surface area contributed by atoms with Crippen molar-refractivity contribution in [1.29, 1.82) is 0 Å². The number of benzene rings is 1. The summed E-state index contributed by atoms with van der Waals surface area (Å²) >= 11 is 4.88. The zero-order chi connectivity index (χ0) is 9.97. The maximum Gasteiger partial charge on any atom is 0.103 e. The van der Waals surface area contributed by atoms with Crippen LogP contribution in [-0.2, 0) is 0 Å². The van der Waals surface area contributed by atoms with Gasteiger partial charge in [0.2, 0.25) is 0 Å². The lowest BCUT2D eigenvalue weighted by Crippen LogP contribution is -2.26. The number of hydrogen-bond acceptors (Lipinski definition) is 2. The van der Waals surface area contributed by atoms with Gasteiger partial charge in [0.1, 0.15) is 4.99 Å². The van der Waals surface area contributed by atoms with Crippen LogP contribution >= 0.6 is 12.2 Å².